The highest BCUT2D eigenvalue weighted by Gasteiger charge is 2.23. The molecule has 0 bridgehead atoms. The molecule has 0 amide bonds. The quantitative estimate of drug-likeness (QED) is 0.607. The minimum Gasteiger partial charge on any atom is -0.395 e. The number of halogens is 3. The Kier molecular flexibility index (Phi) is 5.57. The second kappa shape index (κ2) is 6.36. The minimum absolute atomic E-state index is 0.0342. The van der Waals surface area contributed by atoms with Gasteiger partial charge in [0, 0.05) is 13.1 Å². The van der Waals surface area contributed by atoms with Crippen molar-refractivity contribution in [2.75, 3.05) is 32.9 Å². The van der Waals surface area contributed by atoms with Crippen molar-refractivity contribution in [3.8, 4) is 0 Å². The van der Waals surface area contributed by atoms with Crippen LogP contribution in [0.5, 0.6) is 0 Å². The summed E-state index contributed by atoms with van der Waals surface area (Å²) in [4.78, 5) is 1.24. The van der Waals surface area contributed by atoms with Gasteiger partial charge in [0.25, 0.3) is 0 Å². The van der Waals surface area contributed by atoms with E-state index in [-0.39, 0.29) is 21.7 Å². The van der Waals surface area contributed by atoms with E-state index in [2.05, 4.69) is 20.7 Å². The molecule has 0 aliphatic rings. The first kappa shape index (κ1) is 16.6. The summed E-state index contributed by atoms with van der Waals surface area (Å²) in [6.07, 6.45) is 0. The van der Waals surface area contributed by atoms with Gasteiger partial charge in [0.15, 0.2) is 5.82 Å². The Morgan fingerprint density at radius 2 is 2.11 bits per heavy atom. The summed E-state index contributed by atoms with van der Waals surface area (Å²) in [6.45, 7) is 0.642. The number of hydrogen-bond donors (Lipinski definition) is 2. The second-order valence-corrected chi connectivity index (χ2v) is 7.03. The topological polar surface area (TPSA) is 75.4 Å². The first-order chi connectivity index (χ1) is 8.66. The summed E-state index contributed by atoms with van der Waals surface area (Å²) in [5.74, 6) is -1.02. The van der Waals surface area contributed by atoms with E-state index in [1.165, 1.54) is 0 Å². The van der Waals surface area contributed by atoms with Crippen LogP contribution in [0, 0.1) is 5.82 Å². The molecule has 0 unspecified atom stereocenters. The highest BCUT2D eigenvalue weighted by molar-refractivity contribution is 9.10. The number of hydrogen-bond acceptors (Lipinski definition) is 4. The van der Waals surface area contributed by atoms with Gasteiger partial charge in [0.2, 0.25) is 10.0 Å². The number of likely N-dealkylation sites (N-methyl/N-ethyl adjacent to an activating group) is 1. The molecule has 1 rings (SSSR count). The molecular formula is C10H14BrClFN3O2S. The van der Waals surface area contributed by atoms with Gasteiger partial charge in [-0.2, -0.15) is 0 Å². The lowest BCUT2D eigenvalue weighted by atomic mass is 10.3. The van der Waals surface area contributed by atoms with Crippen LogP contribution in [-0.4, -0.2) is 40.5 Å². The Hall–Kier alpha value is -0.410. The fraction of sp³-hybridized carbons (Fsp3) is 0.400. The van der Waals surface area contributed by atoms with E-state index in [9.17, 15) is 12.8 Å². The molecule has 3 N–H and O–H groups in total. The monoisotopic (exact) mass is 373 g/mol. The lowest BCUT2D eigenvalue weighted by Crippen LogP contribution is -2.32. The van der Waals surface area contributed by atoms with Crippen LogP contribution in [0.4, 0.5) is 10.1 Å². The van der Waals surface area contributed by atoms with Crippen molar-refractivity contribution in [2.24, 2.45) is 0 Å². The Morgan fingerprint density at radius 3 is 2.63 bits per heavy atom. The van der Waals surface area contributed by atoms with E-state index in [1.807, 2.05) is 0 Å². The highest BCUT2D eigenvalue weighted by atomic mass is 79.9. The predicted molar refractivity (Wildman–Crippen MR) is 77.3 cm³/mol. The van der Waals surface area contributed by atoms with Gasteiger partial charge in [-0.1, -0.05) is 11.6 Å². The molecule has 5 nitrogen and oxygen atoms in total. The fourth-order valence-electron chi connectivity index (χ4n) is 1.28. The van der Waals surface area contributed by atoms with Crippen LogP contribution in [-0.2, 0) is 10.0 Å². The zero-order chi connectivity index (χ0) is 14.8. The Balaban J connectivity index is 3.09. The van der Waals surface area contributed by atoms with E-state index in [1.54, 1.807) is 19.0 Å². The molecule has 0 aromatic heterocycles. The second-order valence-electron chi connectivity index (χ2n) is 4.10. The Bertz CT molecular complexity index is 581. The number of nitrogen functional groups attached to an aromatic ring is 1. The highest BCUT2D eigenvalue weighted by Crippen LogP contribution is 2.34. The van der Waals surface area contributed by atoms with Crippen LogP contribution in [0.15, 0.2) is 15.4 Å². The minimum atomic E-state index is -3.99. The van der Waals surface area contributed by atoms with E-state index >= 15 is 0 Å². The number of nitrogens with one attached hydrogen (secondary N) is 1. The summed E-state index contributed by atoms with van der Waals surface area (Å²) in [7, 11) is -0.395. The molecule has 0 saturated heterocycles. The third-order valence-electron chi connectivity index (χ3n) is 2.30. The van der Waals surface area contributed by atoms with E-state index in [4.69, 9.17) is 17.3 Å². The SMILES string of the molecule is CN(C)CCNS(=O)(=O)c1cc(Cl)c(Br)c(N)c1F. The molecular weight excluding hydrogens is 361 g/mol. The molecule has 0 aliphatic heterocycles. The van der Waals surface area contributed by atoms with Gasteiger partial charge in [-0.3, -0.25) is 0 Å². The number of benzene rings is 1. The standard InChI is InChI=1S/C10H14BrClFN3O2S/c1-16(2)4-3-15-19(17,18)7-5-6(12)8(11)10(14)9(7)13/h5,15H,3-4,14H2,1-2H3. The first-order valence-corrected chi connectivity index (χ1v) is 7.89. The van der Waals surface area contributed by atoms with Gasteiger partial charge >= 0.3 is 0 Å². The zero-order valence-electron chi connectivity index (χ0n) is 10.4. The molecule has 108 valence electrons. The van der Waals surface area contributed by atoms with E-state index in [0.717, 1.165) is 6.07 Å². The summed E-state index contributed by atoms with van der Waals surface area (Å²) in [6, 6.07) is 1.02. The lowest BCUT2D eigenvalue weighted by Gasteiger charge is -2.13. The third-order valence-corrected chi connectivity index (χ3v) is 5.14. The molecule has 0 fully saturated rings. The Labute approximate surface area is 125 Å². The third kappa shape index (κ3) is 4.03. The van der Waals surface area contributed by atoms with Crippen molar-refractivity contribution in [3.05, 3.63) is 21.4 Å². The van der Waals surface area contributed by atoms with Crippen molar-refractivity contribution in [3.63, 3.8) is 0 Å². The lowest BCUT2D eigenvalue weighted by molar-refractivity contribution is 0.412. The van der Waals surface area contributed by atoms with Gasteiger partial charge in [-0.05, 0) is 36.1 Å². The van der Waals surface area contributed by atoms with Crippen LogP contribution in [0.3, 0.4) is 0 Å². The predicted octanol–water partition coefficient (Wildman–Crippen LogP) is 1.66. The number of nitrogens with zero attached hydrogens (tertiary/aromatic N) is 1. The first-order valence-electron chi connectivity index (χ1n) is 5.24. The van der Waals surface area contributed by atoms with Gasteiger partial charge in [0.05, 0.1) is 15.2 Å². The maximum absolute atomic E-state index is 13.9. The Morgan fingerprint density at radius 1 is 1.53 bits per heavy atom. The van der Waals surface area contributed by atoms with Crippen molar-refractivity contribution in [2.45, 2.75) is 4.90 Å². The largest absolute Gasteiger partial charge is 0.395 e. The summed E-state index contributed by atoms with van der Waals surface area (Å²) >= 11 is 8.77. The molecule has 0 radical (unpaired) electrons. The normalized spacial score (nSPS) is 12.1. The smallest absolute Gasteiger partial charge is 0.243 e. The van der Waals surface area contributed by atoms with Gasteiger partial charge in [-0.25, -0.2) is 17.5 Å². The molecule has 1 aromatic carbocycles. The van der Waals surface area contributed by atoms with E-state index < -0.39 is 20.7 Å². The number of sulfonamides is 1. The maximum atomic E-state index is 13.9. The van der Waals surface area contributed by atoms with Crippen LogP contribution in [0.25, 0.3) is 0 Å². The number of anilines is 1. The number of nitrogens with two attached hydrogens (primary N) is 1. The molecule has 19 heavy (non-hydrogen) atoms. The molecule has 0 spiro atoms. The summed E-state index contributed by atoms with van der Waals surface area (Å²) in [5, 5.41) is 0.0342. The number of rotatable bonds is 5. The maximum Gasteiger partial charge on any atom is 0.243 e. The molecule has 0 atom stereocenters. The average Bonchev–Trinajstić information content (AvgIpc) is 2.30. The average molecular weight is 375 g/mol. The zero-order valence-corrected chi connectivity index (χ0v) is 13.5. The molecule has 9 heteroatoms. The summed E-state index contributed by atoms with van der Waals surface area (Å²) in [5.41, 5.74) is 5.12. The van der Waals surface area contributed by atoms with Gasteiger partial charge < -0.3 is 10.6 Å². The molecule has 0 heterocycles. The van der Waals surface area contributed by atoms with Crippen molar-refractivity contribution < 1.29 is 12.8 Å². The van der Waals surface area contributed by atoms with Crippen LogP contribution in [0.2, 0.25) is 5.02 Å². The van der Waals surface area contributed by atoms with Gasteiger partial charge in [-0.15, -0.1) is 0 Å². The van der Waals surface area contributed by atoms with E-state index in [0.29, 0.717) is 6.54 Å². The van der Waals surface area contributed by atoms with Crippen LogP contribution >= 0.6 is 27.5 Å². The van der Waals surface area contributed by atoms with Gasteiger partial charge in [0.1, 0.15) is 4.90 Å². The summed E-state index contributed by atoms with van der Waals surface area (Å²) < 4.78 is 40.2. The van der Waals surface area contributed by atoms with Crippen LogP contribution < -0.4 is 10.5 Å². The van der Waals surface area contributed by atoms with Crippen LogP contribution in [0.1, 0.15) is 0 Å². The fourth-order valence-corrected chi connectivity index (χ4v) is 2.97. The van der Waals surface area contributed by atoms with Crippen molar-refractivity contribution in [1.29, 1.82) is 0 Å². The molecule has 0 aliphatic carbocycles. The molecule has 1 aromatic rings. The van der Waals surface area contributed by atoms with Crippen molar-refractivity contribution >= 4 is 43.2 Å². The van der Waals surface area contributed by atoms with Crippen molar-refractivity contribution in [1.82, 2.24) is 9.62 Å². The molecule has 0 saturated carbocycles.